The van der Waals surface area contributed by atoms with Gasteiger partial charge in [0.25, 0.3) is 0 Å². The molecule has 0 aliphatic carbocycles. The van der Waals surface area contributed by atoms with Crippen LogP contribution in [0.25, 0.3) is 0 Å². The predicted molar refractivity (Wildman–Crippen MR) is 107 cm³/mol. The molecule has 28 heavy (non-hydrogen) atoms. The summed E-state index contributed by atoms with van der Waals surface area (Å²) in [5, 5.41) is 11.0. The molecule has 0 spiro atoms. The van der Waals surface area contributed by atoms with Crippen LogP contribution in [-0.2, 0) is 14.8 Å². The van der Waals surface area contributed by atoms with Gasteiger partial charge in [-0.05, 0) is 37.1 Å². The van der Waals surface area contributed by atoms with Crippen LogP contribution >= 0.6 is 23.1 Å². The van der Waals surface area contributed by atoms with Crippen molar-refractivity contribution in [1.82, 2.24) is 14.5 Å². The van der Waals surface area contributed by atoms with Gasteiger partial charge in [-0.15, -0.1) is 16.8 Å². The van der Waals surface area contributed by atoms with Crippen LogP contribution in [0.3, 0.4) is 0 Å². The van der Waals surface area contributed by atoms with E-state index in [4.69, 9.17) is 0 Å². The van der Waals surface area contributed by atoms with Gasteiger partial charge in [0.05, 0.1) is 10.8 Å². The number of sulfonamides is 1. The Hall–Kier alpha value is -1.82. The van der Waals surface area contributed by atoms with Gasteiger partial charge in [-0.2, -0.15) is 4.31 Å². The number of nitrogens with zero attached hydrogens (tertiary/aromatic N) is 3. The van der Waals surface area contributed by atoms with E-state index in [1.165, 1.54) is 39.5 Å². The SMILES string of the molecule is C=CCSc1nnc(NC(=O)[C@H]2CCCN(S(=O)(=O)c3ccc(F)cc3)C2)s1. The van der Waals surface area contributed by atoms with Crippen LogP contribution in [-0.4, -0.2) is 47.7 Å². The largest absolute Gasteiger partial charge is 0.300 e. The van der Waals surface area contributed by atoms with Gasteiger partial charge in [-0.1, -0.05) is 29.2 Å². The second-order valence-corrected chi connectivity index (χ2v) is 10.3. The van der Waals surface area contributed by atoms with Gasteiger partial charge in [0, 0.05) is 18.8 Å². The maximum Gasteiger partial charge on any atom is 0.243 e. The van der Waals surface area contributed by atoms with Gasteiger partial charge in [0.1, 0.15) is 5.82 Å². The van der Waals surface area contributed by atoms with Gasteiger partial charge < -0.3 is 5.32 Å². The summed E-state index contributed by atoms with van der Waals surface area (Å²) in [5.41, 5.74) is 0. The first-order valence-corrected chi connectivity index (χ1v) is 11.8. The first-order chi connectivity index (χ1) is 13.4. The molecule has 1 aliphatic heterocycles. The van der Waals surface area contributed by atoms with E-state index in [-0.39, 0.29) is 17.3 Å². The molecular weight excluding hydrogens is 423 g/mol. The van der Waals surface area contributed by atoms with Crippen molar-refractivity contribution in [2.45, 2.75) is 22.1 Å². The Balaban J connectivity index is 1.65. The normalized spacial score (nSPS) is 18.0. The second kappa shape index (κ2) is 9.12. The summed E-state index contributed by atoms with van der Waals surface area (Å²) in [5.74, 6) is -0.577. The first-order valence-electron chi connectivity index (χ1n) is 8.54. The number of hydrogen-bond donors (Lipinski definition) is 1. The standard InChI is InChI=1S/C17H19FN4O3S3/c1-2-10-26-17-21-20-16(27-17)19-15(23)12-4-3-9-22(11-12)28(24,25)14-7-5-13(18)6-8-14/h2,5-8,12H,1,3-4,9-11H2,(H,19,20,23)/t12-/m0/s1. The highest BCUT2D eigenvalue weighted by Gasteiger charge is 2.33. The molecule has 150 valence electrons. The monoisotopic (exact) mass is 442 g/mol. The summed E-state index contributed by atoms with van der Waals surface area (Å²) < 4.78 is 40.6. The fourth-order valence-electron chi connectivity index (χ4n) is 2.79. The number of piperidine rings is 1. The minimum atomic E-state index is -3.78. The highest BCUT2D eigenvalue weighted by molar-refractivity contribution is 8.01. The number of anilines is 1. The number of hydrogen-bond acceptors (Lipinski definition) is 7. The quantitative estimate of drug-likeness (QED) is 0.403. The molecule has 0 saturated carbocycles. The van der Waals surface area contributed by atoms with E-state index < -0.39 is 21.8 Å². The number of halogens is 1. The summed E-state index contributed by atoms with van der Waals surface area (Å²) in [6.45, 7) is 4.03. The fourth-order valence-corrected chi connectivity index (χ4v) is 5.83. The first kappa shape index (κ1) is 20.9. The molecule has 0 radical (unpaired) electrons. The van der Waals surface area contributed by atoms with Crippen molar-refractivity contribution in [2.75, 3.05) is 24.2 Å². The molecular formula is C17H19FN4O3S3. The molecule has 1 fully saturated rings. The zero-order valence-corrected chi connectivity index (χ0v) is 17.3. The summed E-state index contributed by atoms with van der Waals surface area (Å²) in [6, 6.07) is 4.69. The summed E-state index contributed by atoms with van der Waals surface area (Å²) in [6.07, 6.45) is 2.90. The topological polar surface area (TPSA) is 92.3 Å². The van der Waals surface area contributed by atoms with Crippen molar-refractivity contribution >= 4 is 44.2 Å². The molecule has 1 amide bonds. The number of nitrogens with one attached hydrogen (secondary N) is 1. The van der Waals surface area contributed by atoms with Crippen molar-refractivity contribution < 1.29 is 17.6 Å². The third-order valence-electron chi connectivity index (χ3n) is 4.17. The van der Waals surface area contributed by atoms with Gasteiger partial charge in [0.2, 0.25) is 21.1 Å². The second-order valence-electron chi connectivity index (χ2n) is 6.12. The third-order valence-corrected chi connectivity index (χ3v) is 8.01. The van der Waals surface area contributed by atoms with Gasteiger partial charge >= 0.3 is 0 Å². The Kier molecular flexibility index (Phi) is 6.81. The molecule has 1 aliphatic rings. The minimum absolute atomic E-state index is 0.0166. The van der Waals surface area contributed by atoms with E-state index in [1.54, 1.807) is 6.08 Å². The maximum atomic E-state index is 13.1. The summed E-state index contributed by atoms with van der Waals surface area (Å²) in [7, 11) is -3.78. The molecule has 1 atom stereocenters. The molecule has 1 N–H and O–H groups in total. The van der Waals surface area contributed by atoms with Crippen LogP contribution in [0.4, 0.5) is 9.52 Å². The van der Waals surface area contributed by atoms with Crippen LogP contribution in [0, 0.1) is 11.7 Å². The Morgan fingerprint density at radius 2 is 2.14 bits per heavy atom. The highest BCUT2D eigenvalue weighted by Crippen LogP contribution is 2.28. The van der Waals surface area contributed by atoms with Crippen LogP contribution in [0.2, 0.25) is 0 Å². The molecule has 1 saturated heterocycles. The van der Waals surface area contributed by atoms with Crippen molar-refractivity contribution in [3.05, 3.63) is 42.7 Å². The minimum Gasteiger partial charge on any atom is -0.300 e. The van der Waals surface area contributed by atoms with E-state index in [1.807, 2.05) is 0 Å². The van der Waals surface area contributed by atoms with E-state index in [0.29, 0.717) is 30.3 Å². The molecule has 3 rings (SSSR count). The predicted octanol–water partition coefficient (Wildman–Crippen LogP) is 2.99. The lowest BCUT2D eigenvalue weighted by molar-refractivity contribution is -0.120. The average molecular weight is 443 g/mol. The lowest BCUT2D eigenvalue weighted by Crippen LogP contribution is -2.43. The van der Waals surface area contributed by atoms with Crippen LogP contribution in [0.5, 0.6) is 0 Å². The Morgan fingerprint density at radius 1 is 1.39 bits per heavy atom. The van der Waals surface area contributed by atoms with Gasteiger partial charge in [-0.25, -0.2) is 12.8 Å². The summed E-state index contributed by atoms with van der Waals surface area (Å²) in [4.78, 5) is 12.6. The Labute approximate surface area is 171 Å². The zero-order chi connectivity index (χ0) is 20.1. The number of carbonyl (C=O) groups excluding carboxylic acids is 1. The van der Waals surface area contributed by atoms with E-state index in [9.17, 15) is 17.6 Å². The van der Waals surface area contributed by atoms with Crippen LogP contribution < -0.4 is 5.32 Å². The molecule has 1 aromatic heterocycles. The molecule has 2 aromatic rings. The van der Waals surface area contributed by atoms with E-state index >= 15 is 0 Å². The molecule has 1 aromatic carbocycles. The molecule has 7 nitrogen and oxygen atoms in total. The van der Waals surface area contributed by atoms with Crippen LogP contribution in [0.15, 0.2) is 46.2 Å². The number of amides is 1. The van der Waals surface area contributed by atoms with E-state index in [2.05, 4.69) is 22.1 Å². The number of aromatic nitrogens is 2. The van der Waals surface area contributed by atoms with Crippen molar-refractivity contribution in [2.24, 2.45) is 5.92 Å². The molecule has 11 heteroatoms. The molecule has 2 heterocycles. The Morgan fingerprint density at radius 3 is 2.86 bits per heavy atom. The Bertz CT molecular complexity index is 947. The zero-order valence-electron chi connectivity index (χ0n) is 14.9. The fraction of sp³-hybridized carbons (Fsp3) is 0.353. The number of carbonyl (C=O) groups is 1. The lowest BCUT2D eigenvalue weighted by Gasteiger charge is -2.31. The van der Waals surface area contributed by atoms with Crippen LogP contribution in [0.1, 0.15) is 12.8 Å². The van der Waals surface area contributed by atoms with Gasteiger partial charge in [-0.3, -0.25) is 4.79 Å². The van der Waals surface area contributed by atoms with Crippen molar-refractivity contribution in [3.8, 4) is 0 Å². The molecule has 0 unspecified atom stereocenters. The number of thioether (sulfide) groups is 1. The number of benzene rings is 1. The lowest BCUT2D eigenvalue weighted by atomic mass is 9.99. The number of rotatable bonds is 7. The third kappa shape index (κ3) is 4.96. The maximum absolute atomic E-state index is 13.1. The van der Waals surface area contributed by atoms with Gasteiger partial charge in [0.15, 0.2) is 4.34 Å². The van der Waals surface area contributed by atoms with E-state index in [0.717, 1.165) is 16.5 Å². The summed E-state index contributed by atoms with van der Waals surface area (Å²) >= 11 is 2.73. The van der Waals surface area contributed by atoms with Crippen molar-refractivity contribution in [1.29, 1.82) is 0 Å². The molecule has 0 bridgehead atoms. The smallest absolute Gasteiger partial charge is 0.243 e. The van der Waals surface area contributed by atoms with Crippen molar-refractivity contribution in [3.63, 3.8) is 0 Å². The average Bonchev–Trinajstić information content (AvgIpc) is 3.14. The highest BCUT2D eigenvalue weighted by atomic mass is 32.2.